The van der Waals surface area contributed by atoms with Gasteiger partial charge in [-0.25, -0.2) is 0 Å². The summed E-state index contributed by atoms with van der Waals surface area (Å²) in [5.74, 6) is 2.28. The van der Waals surface area contributed by atoms with Gasteiger partial charge in [-0.2, -0.15) is 0 Å². The first-order chi connectivity index (χ1) is 9.93. The highest BCUT2D eigenvalue weighted by atomic mass is 15.2. The van der Waals surface area contributed by atoms with E-state index in [0.717, 1.165) is 19.0 Å². The summed E-state index contributed by atoms with van der Waals surface area (Å²) in [6.45, 7) is 17.7. The summed E-state index contributed by atoms with van der Waals surface area (Å²) in [4.78, 5) is 7.41. The number of guanidine groups is 1. The number of hydrogen-bond donors (Lipinski definition) is 2. The molecule has 0 bridgehead atoms. The molecule has 0 aromatic rings. The monoisotopic (exact) mass is 296 g/mol. The molecule has 1 aliphatic heterocycles. The quantitative estimate of drug-likeness (QED) is 0.585. The Morgan fingerprint density at radius 1 is 1.24 bits per heavy atom. The molecule has 2 atom stereocenters. The molecule has 0 saturated carbocycles. The van der Waals surface area contributed by atoms with Crippen molar-refractivity contribution in [2.75, 3.05) is 26.2 Å². The molecule has 2 N–H and O–H groups in total. The lowest BCUT2D eigenvalue weighted by atomic mass is 9.97. The maximum Gasteiger partial charge on any atom is 0.191 e. The Labute approximate surface area is 131 Å². The summed E-state index contributed by atoms with van der Waals surface area (Å²) in [5.41, 5.74) is 0. The topological polar surface area (TPSA) is 39.7 Å². The lowest BCUT2D eigenvalue weighted by Crippen LogP contribution is -2.45. The molecule has 0 aliphatic carbocycles. The highest BCUT2D eigenvalue weighted by Gasteiger charge is 2.21. The largest absolute Gasteiger partial charge is 0.357 e. The van der Waals surface area contributed by atoms with Gasteiger partial charge in [0.05, 0.1) is 0 Å². The van der Waals surface area contributed by atoms with Crippen molar-refractivity contribution in [3.05, 3.63) is 0 Å². The van der Waals surface area contributed by atoms with Crippen LogP contribution >= 0.6 is 0 Å². The summed E-state index contributed by atoms with van der Waals surface area (Å²) in [7, 11) is 0. The molecule has 1 rings (SSSR count). The summed E-state index contributed by atoms with van der Waals surface area (Å²) in [6.07, 6.45) is 2.62. The van der Waals surface area contributed by atoms with Gasteiger partial charge in [0.15, 0.2) is 5.96 Å². The minimum absolute atomic E-state index is 0.446. The third kappa shape index (κ3) is 6.68. The second kappa shape index (κ2) is 9.29. The molecule has 4 nitrogen and oxygen atoms in total. The Bertz CT molecular complexity index is 312. The molecule has 1 aliphatic rings. The number of rotatable bonds is 6. The van der Waals surface area contributed by atoms with E-state index in [-0.39, 0.29) is 0 Å². The number of likely N-dealkylation sites (tertiary alicyclic amines) is 1. The van der Waals surface area contributed by atoms with Gasteiger partial charge in [0.1, 0.15) is 0 Å². The number of aliphatic imine (C=N–C) groups is 1. The van der Waals surface area contributed by atoms with Crippen molar-refractivity contribution in [1.82, 2.24) is 15.5 Å². The molecule has 0 aromatic carbocycles. The van der Waals surface area contributed by atoms with Crippen molar-refractivity contribution in [2.24, 2.45) is 16.8 Å². The lowest BCUT2D eigenvalue weighted by Gasteiger charge is -2.35. The maximum atomic E-state index is 4.82. The average Bonchev–Trinajstić information content (AvgIpc) is 2.45. The molecular weight excluding hydrogens is 260 g/mol. The zero-order chi connectivity index (χ0) is 15.8. The average molecular weight is 297 g/mol. The SMILES string of the molecule is CCNC(=NCC1CCCN(C(C)C)C1)NC(C)C(C)C. The van der Waals surface area contributed by atoms with Gasteiger partial charge in [-0.05, 0) is 58.9 Å². The van der Waals surface area contributed by atoms with E-state index >= 15 is 0 Å². The number of piperidine rings is 1. The van der Waals surface area contributed by atoms with Crippen LogP contribution in [0.4, 0.5) is 0 Å². The zero-order valence-corrected chi connectivity index (χ0v) is 14.9. The van der Waals surface area contributed by atoms with Crippen LogP contribution in [-0.4, -0.2) is 49.1 Å². The minimum Gasteiger partial charge on any atom is -0.357 e. The van der Waals surface area contributed by atoms with Crippen LogP contribution in [0.15, 0.2) is 4.99 Å². The number of nitrogens with zero attached hydrogens (tertiary/aromatic N) is 2. The summed E-state index contributed by atoms with van der Waals surface area (Å²) >= 11 is 0. The first kappa shape index (κ1) is 18.3. The second-order valence-electron chi connectivity index (χ2n) is 6.99. The normalized spacial score (nSPS) is 22.7. The molecule has 1 fully saturated rings. The van der Waals surface area contributed by atoms with Crippen molar-refractivity contribution < 1.29 is 0 Å². The van der Waals surface area contributed by atoms with Gasteiger partial charge in [0.25, 0.3) is 0 Å². The van der Waals surface area contributed by atoms with E-state index in [4.69, 9.17) is 4.99 Å². The van der Waals surface area contributed by atoms with Crippen LogP contribution in [0, 0.1) is 11.8 Å². The number of hydrogen-bond acceptors (Lipinski definition) is 2. The standard InChI is InChI=1S/C17H36N4/c1-7-18-17(20-15(6)13(2)3)19-11-16-9-8-10-21(12-16)14(4)5/h13-16H,7-12H2,1-6H3,(H2,18,19,20). The molecule has 0 aromatic heterocycles. The fraction of sp³-hybridized carbons (Fsp3) is 0.941. The van der Waals surface area contributed by atoms with Crippen molar-refractivity contribution in [3.63, 3.8) is 0 Å². The van der Waals surface area contributed by atoms with Crippen LogP contribution in [-0.2, 0) is 0 Å². The Morgan fingerprint density at radius 3 is 2.52 bits per heavy atom. The first-order valence-electron chi connectivity index (χ1n) is 8.72. The van der Waals surface area contributed by atoms with Gasteiger partial charge in [0.2, 0.25) is 0 Å². The highest BCUT2D eigenvalue weighted by molar-refractivity contribution is 5.80. The van der Waals surface area contributed by atoms with E-state index in [1.165, 1.54) is 25.9 Å². The summed E-state index contributed by atoms with van der Waals surface area (Å²) < 4.78 is 0. The second-order valence-corrected chi connectivity index (χ2v) is 6.99. The van der Waals surface area contributed by atoms with Crippen molar-refractivity contribution in [2.45, 2.75) is 66.5 Å². The molecule has 124 valence electrons. The van der Waals surface area contributed by atoms with Gasteiger partial charge < -0.3 is 15.5 Å². The lowest BCUT2D eigenvalue weighted by molar-refractivity contribution is 0.143. The molecule has 1 saturated heterocycles. The molecule has 4 heteroatoms. The first-order valence-corrected chi connectivity index (χ1v) is 8.72. The van der Waals surface area contributed by atoms with Crippen LogP contribution in [0.1, 0.15) is 54.4 Å². The third-order valence-electron chi connectivity index (χ3n) is 4.50. The van der Waals surface area contributed by atoms with Crippen LogP contribution in [0.2, 0.25) is 0 Å². The fourth-order valence-corrected chi connectivity index (χ4v) is 2.64. The van der Waals surface area contributed by atoms with Crippen LogP contribution in [0.25, 0.3) is 0 Å². The minimum atomic E-state index is 0.446. The van der Waals surface area contributed by atoms with E-state index in [2.05, 4.69) is 57.1 Å². The Balaban J connectivity index is 2.52. The van der Waals surface area contributed by atoms with E-state index in [1.807, 2.05) is 0 Å². The van der Waals surface area contributed by atoms with Gasteiger partial charge in [-0.15, -0.1) is 0 Å². The van der Waals surface area contributed by atoms with E-state index in [9.17, 15) is 0 Å². The Hall–Kier alpha value is -0.770. The Kier molecular flexibility index (Phi) is 8.09. The van der Waals surface area contributed by atoms with Crippen LogP contribution in [0.3, 0.4) is 0 Å². The molecule has 2 unspecified atom stereocenters. The van der Waals surface area contributed by atoms with Crippen molar-refractivity contribution >= 4 is 5.96 Å². The number of nitrogens with one attached hydrogen (secondary N) is 2. The van der Waals surface area contributed by atoms with Crippen LogP contribution in [0.5, 0.6) is 0 Å². The van der Waals surface area contributed by atoms with Gasteiger partial charge in [-0.1, -0.05) is 13.8 Å². The van der Waals surface area contributed by atoms with E-state index < -0.39 is 0 Å². The van der Waals surface area contributed by atoms with Gasteiger partial charge in [0, 0.05) is 31.7 Å². The third-order valence-corrected chi connectivity index (χ3v) is 4.50. The van der Waals surface area contributed by atoms with Crippen molar-refractivity contribution in [1.29, 1.82) is 0 Å². The van der Waals surface area contributed by atoms with Gasteiger partial charge in [-0.3, -0.25) is 4.99 Å². The van der Waals surface area contributed by atoms with E-state index in [0.29, 0.717) is 23.9 Å². The van der Waals surface area contributed by atoms with Crippen LogP contribution < -0.4 is 10.6 Å². The molecule has 21 heavy (non-hydrogen) atoms. The molecular formula is C17H36N4. The summed E-state index contributed by atoms with van der Waals surface area (Å²) in [6, 6.07) is 1.10. The molecule has 0 amide bonds. The maximum absolute atomic E-state index is 4.82. The fourth-order valence-electron chi connectivity index (χ4n) is 2.64. The summed E-state index contributed by atoms with van der Waals surface area (Å²) in [5, 5.41) is 6.88. The predicted octanol–water partition coefficient (Wildman–Crippen LogP) is 2.71. The highest BCUT2D eigenvalue weighted by Crippen LogP contribution is 2.18. The molecule has 0 radical (unpaired) electrons. The predicted molar refractivity (Wildman–Crippen MR) is 92.8 cm³/mol. The van der Waals surface area contributed by atoms with Crippen molar-refractivity contribution in [3.8, 4) is 0 Å². The zero-order valence-electron chi connectivity index (χ0n) is 14.9. The molecule has 0 spiro atoms. The van der Waals surface area contributed by atoms with Gasteiger partial charge >= 0.3 is 0 Å². The Morgan fingerprint density at radius 2 is 1.95 bits per heavy atom. The smallest absolute Gasteiger partial charge is 0.191 e. The van der Waals surface area contributed by atoms with E-state index in [1.54, 1.807) is 0 Å². The molecule has 1 heterocycles.